The average molecular weight is 242 g/mol. The standard InChI is InChI=1S/C8H15FO5S/c1-5(2)8(9,15(11,12)13)7(10)14-6(3)4/h5-6H,1-4H3,(H,11,12,13). The fraction of sp³-hybridized carbons (Fsp3) is 0.875. The molecule has 0 aliphatic heterocycles. The fourth-order valence-electron chi connectivity index (χ4n) is 0.933. The fourth-order valence-corrected chi connectivity index (χ4v) is 1.79. The molecule has 0 aliphatic rings. The number of alkyl halides is 1. The number of carbonyl (C=O) groups is 1. The van der Waals surface area contributed by atoms with Gasteiger partial charge in [0.15, 0.2) is 0 Å². The van der Waals surface area contributed by atoms with Crippen LogP contribution < -0.4 is 0 Å². The van der Waals surface area contributed by atoms with Gasteiger partial charge in [-0.25, -0.2) is 9.18 Å². The first-order chi connectivity index (χ1) is 6.53. The van der Waals surface area contributed by atoms with Gasteiger partial charge in [0.25, 0.3) is 0 Å². The monoisotopic (exact) mass is 242 g/mol. The minimum atomic E-state index is -5.15. The predicted octanol–water partition coefficient (Wildman–Crippen LogP) is 1.15. The Labute approximate surface area is 88.4 Å². The molecule has 90 valence electrons. The van der Waals surface area contributed by atoms with Crippen molar-refractivity contribution in [2.45, 2.75) is 38.8 Å². The van der Waals surface area contributed by atoms with Crippen molar-refractivity contribution in [3.63, 3.8) is 0 Å². The Morgan fingerprint density at radius 3 is 1.93 bits per heavy atom. The van der Waals surface area contributed by atoms with Crippen molar-refractivity contribution in [3.05, 3.63) is 0 Å². The molecule has 0 heterocycles. The van der Waals surface area contributed by atoms with Crippen LogP contribution in [0.3, 0.4) is 0 Å². The Morgan fingerprint density at radius 2 is 1.73 bits per heavy atom. The summed E-state index contributed by atoms with van der Waals surface area (Å²) < 4.78 is 48.6. The van der Waals surface area contributed by atoms with Gasteiger partial charge in [-0.15, -0.1) is 0 Å². The quantitative estimate of drug-likeness (QED) is 0.590. The van der Waals surface area contributed by atoms with E-state index in [-0.39, 0.29) is 0 Å². The first-order valence-electron chi connectivity index (χ1n) is 4.40. The van der Waals surface area contributed by atoms with Crippen LogP contribution in [0.25, 0.3) is 0 Å². The van der Waals surface area contributed by atoms with E-state index in [0.29, 0.717) is 0 Å². The Kier molecular flexibility index (Phi) is 4.24. The molecule has 0 radical (unpaired) electrons. The van der Waals surface area contributed by atoms with Crippen LogP contribution in [0.5, 0.6) is 0 Å². The lowest BCUT2D eigenvalue weighted by Gasteiger charge is -2.24. The van der Waals surface area contributed by atoms with Crippen molar-refractivity contribution in [2.24, 2.45) is 5.92 Å². The molecule has 1 N–H and O–H groups in total. The van der Waals surface area contributed by atoms with Crippen LogP contribution in [0.1, 0.15) is 27.7 Å². The molecular formula is C8H15FO5S. The Balaban J connectivity index is 5.25. The zero-order valence-electron chi connectivity index (χ0n) is 9.02. The third-order valence-electron chi connectivity index (χ3n) is 1.74. The molecule has 0 saturated heterocycles. The number of hydrogen-bond acceptors (Lipinski definition) is 4. The largest absolute Gasteiger partial charge is 0.460 e. The van der Waals surface area contributed by atoms with Crippen LogP contribution in [-0.2, 0) is 19.6 Å². The van der Waals surface area contributed by atoms with Crippen LogP contribution in [0.4, 0.5) is 4.39 Å². The van der Waals surface area contributed by atoms with E-state index in [0.717, 1.165) is 13.8 Å². The number of ether oxygens (including phenoxy) is 1. The second-order valence-corrected chi connectivity index (χ2v) is 5.27. The third-order valence-corrected chi connectivity index (χ3v) is 3.13. The summed E-state index contributed by atoms with van der Waals surface area (Å²) in [5.74, 6) is -2.83. The maximum atomic E-state index is 13.9. The van der Waals surface area contributed by atoms with Gasteiger partial charge in [0.1, 0.15) is 0 Å². The summed E-state index contributed by atoms with van der Waals surface area (Å²) in [6.07, 6.45) is -0.659. The molecular weight excluding hydrogens is 227 g/mol. The van der Waals surface area contributed by atoms with Crippen LogP contribution >= 0.6 is 0 Å². The predicted molar refractivity (Wildman–Crippen MR) is 51.5 cm³/mol. The molecule has 0 saturated carbocycles. The van der Waals surface area contributed by atoms with E-state index in [4.69, 9.17) is 4.55 Å². The van der Waals surface area contributed by atoms with Gasteiger partial charge in [-0.1, -0.05) is 13.8 Å². The first-order valence-corrected chi connectivity index (χ1v) is 5.84. The topological polar surface area (TPSA) is 80.7 Å². The summed E-state index contributed by atoms with van der Waals surface area (Å²) in [6.45, 7) is 5.22. The number of carbonyl (C=O) groups excluding carboxylic acids is 1. The molecule has 1 atom stereocenters. The highest BCUT2D eigenvalue weighted by Gasteiger charge is 2.55. The maximum Gasteiger partial charge on any atom is 0.363 e. The lowest BCUT2D eigenvalue weighted by Crippen LogP contribution is -2.48. The number of halogens is 1. The van der Waals surface area contributed by atoms with Crippen LogP contribution in [0.2, 0.25) is 0 Å². The molecule has 0 bridgehead atoms. The van der Waals surface area contributed by atoms with E-state index in [1.807, 2.05) is 0 Å². The molecule has 0 aromatic heterocycles. The molecule has 7 heteroatoms. The van der Waals surface area contributed by atoms with Crippen LogP contribution in [0.15, 0.2) is 0 Å². The minimum Gasteiger partial charge on any atom is -0.460 e. The zero-order valence-corrected chi connectivity index (χ0v) is 9.84. The molecule has 1 unspecified atom stereocenters. The molecule has 0 amide bonds. The molecule has 0 aliphatic carbocycles. The Hall–Kier alpha value is -0.690. The molecule has 15 heavy (non-hydrogen) atoms. The highest BCUT2D eigenvalue weighted by molar-refractivity contribution is 7.87. The van der Waals surface area contributed by atoms with Crippen molar-refractivity contribution in [1.82, 2.24) is 0 Å². The normalized spacial score (nSPS) is 16.5. The van der Waals surface area contributed by atoms with Gasteiger partial charge < -0.3 is 4.74 Å². The molecule has 0 aromatic rings. The lowest BCUT2D eigenvalue weighted by molar-refractivity contribution is -0.158. The second kappa shape index (κ2) is 4.44. The summed E-state index contributed by atoms with van der Waals surface area (Å²) in [6, 6.07) is 0. The van der Waals surface area contributed by atoms with Gasteiger partial charge in [-0.2, -0.15) is 8.42 Å². The first kappa shape index (κ1) is 14.3. The van der Waals surface area contributed by atoms with Crippen LogP contribution in [-0.4, -0.2) is 30.0 Å². The summed E-state index contributed by atoms with van der Waals surface area (Å²) >= 11 is 0. The zero-order chi connectivity index (χ0) is 12.4. The van der Waals surface area contributed by atoms with Crippen molar-refractivity contribution >= 4 is 16.1 Å². The van der Waals surface area contributed by atoms with Gasteiger partial charge in [-0.3, -0.25) is 4.55 Å². The maximum absolute atomic E-state index is 13.9. The van der Waals surface area contributed by atoms with E-state index in [2.05, 4.69) is 4.74 Å². The number of rotatable bonds is 4. The summed E-state index contributed by atoms with van der Waals surface area (Å²) in [5.41, 5.74) is 0. The van der Waals surface area contributed by atoms with E-state index in [1.165, 1.54) is 13.8 Å². The highest BCUT2D eigenvalue weighted by Crippen LogP contribution is 2.29. The van der Waals surface area contributed by atoms with Gasteiger partial charge in [-0.05, 0) is 13.8 Å². The smallest absolute Gasteiger partial charge is 0.363 e. The molecule has 5 nitrogen and oxygen atoms in total. The number of esters is 1. The van der Waals surface area contributed by atoms with Gasteiger partial charge >= 0.3 is 21.1 Å². The minimum absolute atomic E-state index is 0.659. The number of hydrogen-bond donors (Lipinski definition) is 1. The average Bonchev–Trinajstić information content (AvgIpc) is 1.98. The molecule has 0 rings (SSSR count). The van der Waals surface area contributed by atoms with E-state index < -0.39 is 33.1 Å². The Bertz CT molecular complexity index is 335. The van der Waals surface area contributed by atoms with E-state index in [1.54, 1.807) is 0 Å². The van der Waals surface area contributed by atoms with E-state index in [9.17, 15) is 17.6 Å². The molecule has 0 aromatic carbocycles. The second-order valence-electron chi connectivity index (χ2n) is 3.73. The van der Waals surface area contributed by atoms with Crippen molar-refractivity contribution in [1.29, 1.82) is 0 Å². The van der Waals surface area contributed by atoms with Crippen molar-refractivity contribution < 1.29 is 26.9 Å². The Morgan fingerprint density at radius 1 is 1.33 bits per heavy atom. The lowest BCUT2D eigenvalue weighted by atomic mass is 10.1. The van der Waals surface area contributed by atoms with Crippen LogP contribution in [0, 0.1) is 5.92 Å². The highest BCUT2D eigenvalue weighted by atomic mass is 32.2. The van der Waals surface area contributed by atoms with Crippen molar-refractivity contribution in [3.8, 4) is 0 Å². The van der Waals surface area contributed by atoms with E-state index >= 15 is 0 Å². The van der Waals surface area contributed by atoms with Crippen molar-refractivity contribution in [2.75, 3.05) is 0 Å². The third kappa shape index (κ3) is 2.88. The summed E-state index contributed by atoms with van der Waals surface area (Å²) in [5, 5.41) is -3.41. The molecule has 0 spiro atoms. The summed E-state index contributed by atoms with van der Waals surface area (Å²) in [7, 11) is -5.15. The summed E-state index contributed by atoms with van der Waals surface area (Å²) in [4.78, 5) is 11.2. The van der Waals surface area contributed by atoms with Gasteiger partial charge in [0.05, 0.1) is 6.10 Å². The van der Waals surface area contributed by atoms with Gasteiger partial charge in [0, 0.05) is 5.92 Å². The SMILES string of the molecule is CC(C)OC(=O)C(F)(C(C)C)S(=O)(=O)O. The van der Waals surface area contributed by atoms with Gasteiger partial charge in [0.2, 0.25) is 0 Å². The molecule has 0 fully saturated rings.